The minimum absolute atomic E-state index is 0. The lowest BCUT2D eigenvalue weighted by Crippen LogP contribution is -2.40. The molecule has 0 radical (unpaired) electrons. The van der Waals surface area contributed by atoms with E-state index in [1.807, 2.05) is 12.1 Å². The summed E-state index contributed by atoms with van der Waals surface area (Å²) in [5, 5.41) is 6.73. The van der Waals surface area contributed by atoms with E-state index in [1.165, 1.54) is 17.8 Å². The number of benzene rings is 2. The van der Waals surface area contributed by atoms with Crippen LogP contribution in [-0.2, 0) is 6.54 Å². The fraction of sp³-hybridized carbons (Fsp3) is 0.409. The lowest BCUT2D eigenvalue weighted by Gasteiger charge is -2.20. The van der Waals surface area contributed by atoms with Gasteiger partial charge < -0.3 is 20.3 Å². The number of hydrogen-bond acceptors (Lipinski definition) is 3. The molecule has 2 aromatic carbocycles. The molecular weight excluding hydrogens is 482 g/mol. The number of guanidine groups is 1. The van der Waals surface area contributed by atoms with Gasteiger partial charge in [-0.05, 0) is 49.1 Å². The molecule has 1 heterocycles. The first kappa shape index (κ1) is 23.3. The van der Waals surface area contributed by atoms with Crippen LogP contribution in [0.3, 0.4) is 0 Å². The number of methoxy groups -OCH3 is 1. The van der Waals surface area contributed by atoms with Gasteiger partial charge in [-0.3, -0.25) is 0 Å². The zero-order valence-electron chi connectivity index (χ0n) is 17.0. The van der Waals surface area contributed by atoms with Crippen molar-refractivity contribution >= 4 is 35.6 Å². The highest BCUT2D eigenvalue weighted by molar-refractivity contribution is 14.0. The predicted octanol–water partition coefficient (Wildman–Crippen LogP) is 4.03. The van der Waals surface area contributed by atoms with Crippen molar-refractivity contribution in [1.82, 2.24) is 10.6 Å². The zero-order valence-corrected chi connectivity index (χ0v) is 19.4. The Morgan fingerprint density at radius 1 is 1.21 bits per heavy atom. The molecule has 1 saturated heterocycles. The van der Waals surface area contributed by atoms with Crippen LogP contribution in [0.4, 0.5) is 10.1 Å². The molecule has 2 N–H and O–H groups in total. The number of anilines is 1. The summed E-state index contributed by atoms with van der Waals surface area (Å²) in [5.41, 5.74) is 2.20. The molecule has 5 nitrogen and oxygen atoms in total. The van der Waals surface area contributed by atoms with Gasteiger partial charge >= 0.3 is 0 Å². The third-order valence-electron chi connectivity index (χ3n) is 4.94. The van der Waals surface area contributed by atoms with E-state index in [9.17, 15) is 4.39 Å². The van der Waals surface area contributed by atoms with Crippen LogP contribution < -0.4 is 20.3 Å². The molecule has 0 spiro atoms. The third-order valence-corrected chi connectivity index (χ3v) is 4.94. The summed E-state index contributed by atoms with van der Waals surface area (Å²) in [6, 6.07) is 14.7. The second-order valence-corrected chi connectivity index (χ2v) is 7.00. The normalized spacial score (nSPS) is 16.3. The molecule has 0 bridgehead atoms. The Kier molecular flexibility index (Phi) is 9.50. The van der Waals surface area contributed by atoms with Gasteiger partial charge in [0.25, 0.3) is 0 Å². The van der Waals surface area contributed by atoms with E-state index < -0.39 is 0 Å². The van der Waals surface area contributed by atoms with Crippen molar-refractivity contribution in [3.05, 3.63) is 59.9 Å². The first-order valence-electron chi connectivity index (χ1n) is 9.83. The lowest BCUT2D eigenvalue weighted by molar-refractivity contribution is 0.415. The number of halogens is 2. The van der Waals surface area contributed by atoms with E-state index in [0.717, 1.165) is 49.9 Å². The highest BCUT2D eigenvalue weighted by Gasteiger charge is 2.23. The highest BCUT2D eigenvalue weighted by atomic mass is 127. The van der Waals surface area contributed by atoms with E-state index in [-0.39, 0.29) is 29.8 Å². The van der Waals surface area contributed by atoms with Gasteiger partial charge in [0, 0.05) is 37.9 Å². The van der Waals surface area contributed by atoms with Gasteiger partial charge in [0.15, 0.2) is 5.96 Å². The van der Waals surface area contributed by atoms with E-state index >= 15 is 0 Å². The first-order chi connectivity index (χ1) is 13.7. The van der Waals surface area contributed by atoms with Gasteiger partial charge in [0.2, 0.25) is 0 Å². The van der Waals surface area contributed by atoms with E-state index in [0.29, 0.717) is 12.5 Å². The minimum atomic E-state index is -0.223. The van der Waals surface area contributed by atoms with Gasteiger partial charge in [0.05, 0.1) is 13.7 Å². The van der Waals surface area contributed by atoms with Gasteiger partial charge in [0.1, 0.15) is 11.6 Å². The summed E-state index contributed by atoms with van der Waals surface area (Å²) in [4.78, 5) is 7.02. The highest BCUT2D eigenvalue weighted by Crippen LogP contribution is 2.26. The van der Waals surface area contributed by atoms with E-state index in [1.54, 1.807) is 19.2 Å². The molecular formula is C22H30FIN4O. The summed E-state index contributed by atoms with van der Waals surface area (Å²) in [5.74, 6) is 2.02. The molecule has 29 heavy (non-hydrogen) atoms. The van der Waals surface area contributed by atoms with Crippen LogP contribution in [0.25, 0.3) is 0 Å². The quantitative estimate of drug-likeness (QED) is 0.334. The number of ether oxygens (including phenoxy) is 1. The second kappa shape index (κ2) is 11.8. The maximum atomic E-state index is 13.0. The van der Waals surface area contributed by atoms with Crippen molar-refractivity contribution in [3.8, 4) is 5.75 Å². The predicted molar refractivity (Wildman–Crippen MR) is 128 cm³/mol. The summed E-state index contributed by atoms with van der Waals surface area (Å²) in [6.45, 7) is 6.30. The van der Waals surface area contributed by atoms with Crippen LogP contribution in [0.2, 0.25) is 0 Å². The molecule has 1 unspecified atom stereocenters. The molecule has 2 aromatic rings. The van der Waals surface area contributed by atoms with Gasteiger partial charge in [-0.25, -0.2) is 9.38 Å². The standard InChI is InChI=1S/C22H29FN4O.HI/c1-3-24-22(25-14-17-7-9-19(23)10-8-17)26-15-18-11-12-27(16-18)20-5-4-6-21(13-20)28-2;/h4-10,13,18H,3,11-12,14-16H2,1-2H3,(H2,24,25,26);1H. The van der Waals surface area contributed by atoms with Gasteiger partial charge in [-0.15, -0.1) is 24.0 Å². The van der Waals surface area contributed by atoms with Crippen molar-refractivity contribution in [2.24, 2.45) is 10.9 Å². The Labute approximate surface area is 189 Å². The van der Waals surface area contributed by atoms with Crippen molar-refractivity contribution < 1.29 is 9.13 Å². The van der Waals surface area contributed by atoms with E-state index in [2.05, 4.69) is 39.6 Å². The molecule has 1 atom stereocenters. The molecule has 7 heteroatoms. The fourth-order valence-corrected chi connectivity index (χ4v) is 3.38. The van der Waals surface area contributed by atoms with Crippen LogP contribution in [0, 0.1) is 11.7 Å². The summed E-state index contributed by atoms with van der Waals surface area (Å²) < 4.78 is 18.4. The van der Waals surface area contributed by atoms with E-state index in [4.69, 9.17) is 4.74 Å². The molecule has 0 amide bonds. The number of rotatable bonds is 7. The summed E-state index contributed by atoms with van der Waals surface area (Å²) in [6.07, 6.45) is 1.14. The molecule has 3 rings (SSSR count). The topological polar surface area (TPSA) is 48.9 Å². The maximum Gasteiger partial charge on any atom is 0.191 e. The molecule has 0 aliphatic carbocycles. The Morgan fingerprint density at radius 3 is 2.72 bits per heavy atom. The van der Waals surface area contributed by atoms with Crippen LogP contribution in [0.1, 0.15) is 18.9 Å². The number of hydrogen-bond donors (Lipinski definition) is 2. The van der Waals surface area contributed by atoms with Crippen molar-refractivity contribution in [2.45, 2.75) is 19.9 Å². The number of aliphatic imine (C=N–C) groups is 1. The second-order valence-electron chi connectivity index (χ2n) is 7.00. The molecule has 1 aliphatic rings. The van der Waals surface area contributed by atoms with Gasteiger partial charge in [-0.2, -0.15) is 0 Å². The fourth-order valence-electron chi connectivity index (χ4n) is 3.38. The van der Waals surface area contributed by atoms with Crippen LogP contribution in [0.5, 0.6) is 5.75 Å². The van der Waals surface area contributed by atoms with Crippen molar-refractivity contribution in [2.75, 3.05) is 38.2 Å². The summed E-state index contributed by atoms with van der Waals surface area (Å²) >= 11 is 0. The summed E-state index contributed by atoms with van der Waals surface area (Å²) in [7, 11) is 1.70. The SMILES string of the molecule is CCNC(=NCc1ccc(F)cc1)NCC1CCN(c2cccc(OC)c2)C1.I. The smallest absolute Gasteiger partial charge is 0.191 e. The van der Waals surface area contributed by atoms with Crippen LogP contribution >= 0.6 is 24.0 Å². The number of nitrogens with zero attached hydrogens (tertiary/aromatic N) is 2. The monoisotopic (exact) mass is 512 g/mol. The molecule has 0 saturated carbocycles. The van der Waals surface area contributed by atoms with Crippen LogP contribution in [0.15, 0.2) is 53.5 Å². The first-order valence-corrected chi connectivity index (χ1v) is 9.83. The molecule has 0 aromatic heterocycles. The molecule has 1 fully saturated rings. The Hall–Kier alpha value is -2.03. The minimum Gasteiger partial charge on any atom is -0.497 e. The Bertz CT molecular complexity index is 785. The lowest BCUT2D eigenvalue weighted by atomic mass is 10.1. The maximum absolute atomic E-state index is 13.0. The van der Waals surface area contributed by atoms with Crippen LogP contribution in [-0.4, -0.2) is 39.2 Å². The Balaban J connectivity index is 0.00000300. The third kappa shape index (κ3) is 7.06. The molecule has 158 valence electrons. The van der Waals surface area contributed by atoms with Gasteiger partial charge in [-0.1, -0.05) is 18.2 Å². The van der Waals surface area contributed by atoms with Crippen molar-refractivity contribution in [3.63, 3.8) is 0 Å². The Morgan fingerprint density at radius 2 is 2.00 bits per heavy atom. The molecule has 1 aliphatic heterocycles. The average Bonchev–Trinajstić information content (AvgIpc) is 3.20. The average molecular weight is 512 g/mol. The number of nitrogens with one attached hydrogen (secondary N) is 2. The largest absolute Gasteiger partial charge is 0.497 e. The zero-order chi connectivity index (χ0) is 19.8. The van der Waals surface area contributed by atoms with Crippen molar-refractivity contribution in [1.29, 1.82) is 0 Å².